The predicted molar refractivity (Wildman–Crippen MR) is 64.6 cm³/mol. The average Bonchev–Trinajstić information content (AvgIpc) is 2.26. The van der Waals surface area contributed by atoms with Gasteiger partial charge in [0.25, 0.3) is 0 Å². The fourth-order valence-electron chi connectivity index (χ4n) is 1.54. The van der Waals surface area contributed by atoms with Gasteiger partial charge in [-0.1, -0.05) is 19.8 Å². The van der Waals surface area contributed by atoms with Gasteiger partial charge in [-0.2, -0.15) is 0 Å². The first-order valence-electron chi connectivity index (χ1n) is 6.21. The Labute approximate surface area is 103 Å². The Morgan fingerprint density at radius 2 is 1.76 bits per heavy atom. The largest absolute Gasteiger partial charge is 0.465 e. The van der Waals surface area contributed by atoms with Crippen molar-refractivity contribution in [3.05, 3.63) is 0 Å². The molecule has 0 spiro atoms. The highest BCUT2D eigenvalue weighted by Gasteiger charge is 2.26. The minimum atomic E-state index is -0.913. The van der Waals surface area contributed by atoms with Crippen LogP contribution in [0.1, 0.15) is 52.9 Å². The highest BCUT2D eigenvalue weighted by atomic mass is 16.5. The van der Waals surface area contributed by atoms with Gasteiger partial charge in [0.1, 0.15) is 17.5 Å². The summed E-state index contributed by atoms with van der Waals surface area (Å²) < 4.78 is 4.78. The van der Waals surface area contributed by atoms with E-state index in [1.165, 1.54) is 6.92 Å². The number of ketones is 2. The van der Waals surface area contributed by atoms with Gasteiger partial charge in [0.05, 0.1) is 6.61 Å². The standard InChI is InChI=1S/C13H22O4/c1-4-6-7-8-11(15)9-12(10(3)14)13(16)17-5-2/h12H,4-9H2,1-3H3. The number of unbranched alkanes of at least 4 members (excludes halogenated alkanes) is 2. The normalized spacial score (nSPS) is 11.9. The maximum Gasteiger partial charge on any atom is 0.316 e. The third-order valence-electron chi connectivity index (χ3n) is 2.55. The number of hydrogen-bond acceptors (Lipinski definition) is 4. The molecule has 4 nitrogen and oxygen atoms in total. The maximum atomic E-state index is 11.6. The van der Waals surface area contributed by atoms with Crippen LogP contribution in [0.5, 0.6) is 0 Å². The summed E-state index contributed by atoms with van der Waals surface area (Å²) in [4.78, 5) is 34.3. The zero-order valence-corrected chi connectivity index (χ0v) is 11.0. The molecular formula is C13H22O4. The summed E-state index contributed by atoms with van der Waals surface area (Å²) >= 11 is 0. The van der Waals surface area contributed by atoms with E-state index in [0.29, 0.717) is 6.42 Å². The average molecular weight is 242 g/mol. The van der Waals surface area contributed by atoms with Crippen LogP contribution >= 0.6 is 0 Å². The minimum absolute atomic E-state index is 0.0160. The Morgan fingerprint density at radius 1 is 1.12 bits per heavy atom. The molecule has 17 heavy (non-hydrogen) atoms. The van der Waals surface area contributed by atoms with Crippen molar-refractivity contribution in [3.63, 3.8) is 0 Å². The van der Waals surface area contributed by atoms with E-state index in [-0.39, 0.29) is 24.6 Å². The molecule has 0 heterocycles. The van der Waals surface area contributed by atoms with Crippen LogP contribution in [0.3, 0.4) is 0 Å². The van der Waals surface area contributed by atoms with E-state index in [4.69, 9.17) is 4.74 Å². The van der Waals surface area contributed by atoms with Crippen LogP contribution in [0.2, 0.25) is 0 Å². The molecule has 0 saturated carbocycles. The van der Waals surface area contributed by atoms with Crippen LogP contribution < -0.4 is 0 Å². The molecule has 98 valence electrons. The molecule has 0 aromatic carbocycles. The lowest BCUT2D eigenvalue weighted by Gasteiger charge is -2.11. The van der Waals surface area contributed by atoms with E-state index < -0.39 is 11.9 Å². The fraction of sp³-hybridized carbons (Fsp3) is 0.769. The van der Waals surface area contributed by atoms with Crippen molar-refractivity contribution in [2.75, 3.05) is 6.61 Å². The van der Waals surface area contributed by atoms with Crippen molar-refractivity contribution < 1.29 is 19.1 Å². The van der Waals surface area contributed by atoms with Gasteiger partial charge in [0, 0.05) is 12.8 Å². The van der Waals surface area contributed by atoms with Gasteiger partial charge in [-0.25, -0.2) is 0 Å². The number of carbonyl (C=O) groups is 3. The summed E-state index contributed by atoms with van der Waals surface area (Å²) in [6.45, 7) is 5.28. The van der Waals surface area contributed by atoms with E-state index in [1.807, 2.05) is 0 Å². The summed E-state index contributed by atoms with van der Waals surface area (Å²) in [5, 5.41) is 0. The van der Waals surface area contributed by atoms with Gasteiger partial charge in [0.2, 0.25) is 0 Å². The topological polar surface area (TPSA) is 60.4 Å². The van der Waals surface area contributed by atoms with Crippen LogP contribution in [0.15, 0.2) is 0 Å². The summed E-state index contributed by atoms with van der Waals surface area (Å²) in [5.41, 5.74) is 0. The Balaban J connectivity index is 4.20. The molecule has 0 bridgehead atoms. The van der Waals surface area contributed by atoms with E-state index in [9.17, 15) is 14.4 Å². The van der Waals surface area contributed by atoms with Gasteiger partial charge in [-0.3, -0.25) is 14.4 Å². The van der Waals surface area contributed by atoms with Crippen LogP contribution in [0.4, 0.5) is 0 Å². The lowest BCUT2D eigenvalue weighted by molar-refractivity contribution is -0.152. The second-order valence-electron chi connectivity index (χ2n) is 4.12. The Hall–Kier alpha value is -1.19. The van der Waals surface area contributed by atoms with Crippen LogP contribution in [-0.4, -0.2) is 24.1 Å². The molecule has 0 aliphatic carbocycles. The molecule has 0 aliphatic rings. The highest BCUT2D eigenvalue weighted by molar-refractivity contribution is 6.01. The summed E-state index contributed by atoms with van der Waals surface area (Å²) in [7, 11) is 0. The second-order valence-corrected chi connectivity index (χ2v) is 4.12. The molecule has 0 rings (SSSR count). The SMILES string of the molecule is CCCCCC(=O)CC(C(C)=O)C(=O)OCC. The molecule has 0 aromatic rings. The number of carbonyl (C=O) groups excluding carboxylic acids is 3. The zero-order valence-electron chi connectivity index (χ0n) is 11.0. The number of hydrogen-bond donors (Lipinski definition) is 0. The van der Waals surface area contributed by atoms with E-state index in [1.54, 1.807) is 6.92 Å². The Kier molecular flexibility index (Phi) is 8.28. The number of ether oxygens (including phenoxy) is 1. The molecule has 0 aliphatic heterocycles. The first kappa shape index (κ1) is 15.8. The zero-order chi connectivity index (χ0) is 13.3. The van der Waals surface area contributed by atoms with Crippen molar-refractivity contribution in [2.24, 2.45) is 5.92 Å². The lowest BCUT2D eigenvalue weighted by atomic mass is 9.96. The molecule has 1 atom stereocenters. The molecule has 1 unspecified atom stereocenters. The lowest BCUT2D eigenvalue weighted by Crippen LogP contribution is -2.27. The molecule has 0 aromatic heterocycles. The van der Waals surface area contributed by atoms with Crippen molar-refractivity contribution >= 4 is 17.5 Å². The summed E-state index contributed by atoms with van der Waals surface area (Å²) in [6.07, 6.45) is 3.29. The van der Waals surface area contributed by atoms with Crippen LogP contribution in [-0.2, 0) is 19.1 Å². The van der Waals surface area contributed by atoms with Gasteiger partial charge in [-0.05, 0) is 20.3 Å². The molecule has 0 amide bonds. The van der Waals surface area contributed by atoms with Crippen molar-refractivity contribution in [3.8, 4) is 0 Å². The molecule has 0 saturated heterocycles. The Bertz CT molecular complexity index is 271. The third-order valence-corrected chi connectivity index (χ3v) is 2.55. The number of esters is 1. The van der Waals surface area contributed by atoms with Crippen molar-refractivity contribution in [1.29, 1.82) is 0 Å². The predicted octanol–water partition coefficient (Wildman–Crippen LogP) is 2.29. The number of Topliss-reactive ketones (excluding diaryl/α,β-unsaturated/α-hetero) is 2. The van der Waals surface area contributed by atoms with Gasteiger partial charge < -0.3 is 4.74 Å². The van der Waals surface area contributed by atoms with Gasteiger partial charge >= 0.3 is 5.97 Å². The van der Waals surface area contributed by atoms with Crippen molar-refractivity contribution in [1.82, 2.24) is 0 Å². The van der Waals surface area contributed by atoms with E-state index >= 15 is 0 Å². The van der Waals surface area contributed by atoms with E-state index in [0.717, 1.165) is 19.3 Å². The smallest absolute Gasteiger partial charge is 0.316 e. The Morgan fingerprint density at radius 3 is 2.24 bits per heavy atom. The fourth-order valence-corrected chi connectivity index (χ4v) is 1.54. The second kappa shape index (κ2) is 8.90. The molecule has 0 radical (unpaired) electrons. The third kappa shape index (κ3) is 6.87. The monoisotopic (exact) mass is 242 g/mol. The van der Waals surface area contributed by atoms with Crippen LogP contribution in [0.25, 0.3) is 0 Å². The van der Waals surface area contributed by atoms with Gasteiger partial charge in [-0.15, -0.1) is 0 Å². The van der Waals surface area contributed by atoms with Crippen LogP contribution in [0, 0.1) is 5.92 Å². The molecule has 4 heteroatoms. The molecule has 0 fully saturated rings. The quantitative estimate of drug-likeness (QED) is 0.353. The highest BCUT2D eigenvalue weighted by Crippen LogP contribution is 2.12. The number of rotatable bonds is 9. The molecule has 0 N–H and O–H groups in total. The maximum absolute atomic E-state index is 11.6. The first-order valence-corrected chi connectivity index (χ1v) is 6.21. The first-order chi connectivity index (χ1) is 8.02. The molecular weight excluding hydrogens is 220 g/mol. The van der Waals surface area contributed by atoms with E-state index in [2.05, 4.69) is 6.92 Å². The minimum Gasteiger partial charge on any atom is -0.465 e. The van der Waals surface area contributed by atoms with Crippen molar-refractivity contribution in [2.45, 2.75) is 52.9 Å². The van der Waals surface area contributed by atoms with Gasteiger partial charge in [0.15, 0.2) is 0 Å². The summed E-state index contributed by atoms with van der Waals surface area (Å²) in [6, 6.07) is 0. The summed E-state index contributed by atoms with van der Waals surface area (Å²) in [5.74, 6) is -1.83.